The highest BCUT2D eigenvalue weighted by atomic mass is 14.9. The lowest BCUT2D eigenvalue weighted by Gasteiger charge is -2.06. The van der Waals surface area contributed by atoms with Gasteiger partial charge in [0.25, 0.3) is 0 Å². The summed E-state index contributed by atoms with van der Waals surface area (Å²) in [5, 5.41) is 6.92. The van der Waals surface area contributed by atoms with E-state index in [2.05, 4.69) is 41.0 Å². The number of hydrogen-bond donors (Lipinski definition) is 2. The van der Waals surface area contributed by atoms with Crippen LogP contribution in [0.3, 0.4) is 0 Å². The van der Waals surface area contributed by atoms with Crippen LogP contribution in [0.1, 0.15) is 24.8 Å². The van der Waals surface area contributed by atoms with Crippen LogP contribution in [-0.2, 0) is 6.54 Å². The molecule has 1 aliphatic carbocycles. The van der Waals surface area contributed by atoms with Crippen LogP contribution in [-0.4, -0.2) is 19.6 Å². The molecule has 0 atom stereocenters. The minimum Gasteiger partial charge on any atom is -0.315 e. The van der Waals surface area contributed by atoms with Crippen LogP contribution in [0.25, 0.3) is 0 Å². The maximum atomic E-state index is 3.48. The van der Waals surface area contributed by atoms with Gasteiger partial charge in [-0.1, -0.05) is 43.2 Å². The van der Waals surface area contributed by atoms with Crippen molar-refractivity contribution >= 4 is 0 Å². The van der Waals surface area contributed by atoms with E-state index >= 15 is 0 Å². The maximum absolute atomic E-state index is 3.48. The monoisotopic (exact) mass is 218 g/mol. The fraction of sp³-hybridized carbons (Fsp3) is 0.571. The van der Waals surface area contributed by atoms with E-state index in [1.54, 1.807) is 0 Å². The van der Waals surface area contributed by atoms with Crippen molar-refractivity contribution in [1.82, 2.24) is 10.6 Å². The first-order chi connectivity index (χ1) is 7.95. The van der Waals surface area contributed by atoms with E-state index in [4.69, 9.17) is 0 Å². The third-order valence-electron chi connectivity index (χ3n) is 3.08. The maximum Gasteiger partial charge on any atom is 0.0206 e. The molecule has 2 N–H and O–H groups in total. The second-order valence-electron chi connectivity index (χ2n) is 4.64. The zero-order chi connectivity index (χ0) is 11.1. The Kier molecular flexibility index (Phi) is 4.84. The molecule has 2 rings (SSSR count). The molecule has 0 radical (unpaired) electrons. The Morgan fingerprint density at radius 1 is 0.938 bits per heavy atom. The van der Waals surface area contributed by atoms with Crippen LogP contribution in [0.4, 0.5) is 0 Å². The Hall–Kier alpha value is -0.860. The van der Waals surface area contributed by atoms with Crippen LogP contribution in [0, 0.1) is 5.92 Å². The molecular formula is C14H22N2. The quantitative estimate of drug-likeness (QED) is 0.653. The molecular weight excluding hydrogens is 196 g/mol. The summed E-state index contributed by atoms with van der Waals surface area (Å²) < 4.78 is 0. The first-order valence-electron chi connectivity index (χ1n) is 6.40. The van der Waals surface area contributed by atoms with Crippen LogP contribution in [0.15, 0.2) is 30.3 Å². The standard InChI is InChI=1S/C14H22N2/c1-2-4-14(5-3-1)12-16-11-10-15-9-8-13-6-7-13/h1-5,13,15-16H,6-12H2. The molecule has 16 heavy (non-hydrogen) atoms. The lowest BCUT2D eigenvalue weighted by molar-refractivity contribution is 0.578. The average Bonchev–Trinajstić information content (AvgIpc) is 3.13. The SMILES string of the molecule is c1ccc(CNCCNCCC2CC2)cc1. The Bertz CT molecular complexity index is 280. The van der Waals surface area contributed by atoms with Crippen molar-refractivity contribution in [2.75, 3.05) is 19.6 Å². The lowest BCUT2D eigenvalue weighted by atomic mass is 10.2. The topological polar surface area (TPSA) is 24.1 Å². The molecule has 1 aliphatic rings. The highest BCUT2D eigenvalue weighted by molar-refractivity contribution is 5.14. The fourth-order valence-corrected chi connectivity index (χ4v) is 1.84. The number of nitrogens with one attached hydrogen (secondary N) is 2. The molecule has 0 unspecified atom stereocenters. The van der Waals surface area contributed by atoms with Gasteiger partial charge in [-0.05, 0) is 24.4 Å². The van der Waals surface area contributed by atoms with Crippen molar-refractivity contribution in [3.8, 4) is 0 Å². The Balaban J connectivity index is 1.42. The van der Waals surface area contributed by atoms with E-state index in [0.29, 0.717) is 0 Å². The van der Waals surface area contributed by atoms with E-state index in [-0.39, 0.29) is 0 Å². The van der Waals surface area contributed by atoms with Crippen molar-refractivity contribution in [2.24, 2.45) is 5.92 Å². The smallest absolute Gasteiger partial charge is 0.0206 e. The Morgan fingerprint density at radius 3 is 2.44 bits per heavy atom. The van der Waals surface area contributed by atoms with Gasteiger partial charge in [0.1, 0.15) is 0 Å². The highest BCUT2D eigenvalue weighted by Crippen LogP contribution is 2.31. The predicted octanol–water partition coefficient (Wildman–Crippen LogP) is 2.17. The summed E-state index contributed by atoms with van der Waals surface area (Å²) in [5.74, 6) is 1.05. The molecule has 0 aromatic heterocycles. The normalized spacial score (nSPS) is 15.2. The van der Waals surface area contributed by atoms with Crippen molar-refractivity contribution < 1.29 is 0 Å². The molecule has 2 nitrogen and oxygen atoms in total. The molecule has 2 heteroatoms. The Labute approximate surface area is 98.4 Å². The number of rotatable bonds is 8. The van der Waals surface area contributed by atoms with Gasteiger partial charge in [-0.15, -0.1) is 0 Å². The average molecular weight is 218 g/mol. The van der Waals surface area contributed by atoms with E-state index in [1.807, 2.05) is 0 Å². The van der Waals surface area contributed by atoms with Crippen molar-refractivity contribution in [3.05, 3.63) is 35.9 Å². The van der Waals surface area contributed by atoms with E-state index in [9.17, 15) is 0 Å². The van der Waals surface area contributed by atoms with Crippen molar-refractivity contribution in [3.63, 3.8) is 0 Å². The summed E-state index contributed by atoms with van der Waals surface area (Å²) in [4.78, 5) is 0. The minimum atomic E-state index is 0.977. The third-order valence-corrected chi connectivity index (χ3v) is 3.08. The number of benzene rings is 1. The zero-order valence-corrected chi connectivity index (χ0v) is 9.91. The van der Waals surface area contributed by atoms with Gasteiger partial charge < -0.3 is 10.6 Å². The summed E-state index contributed by atoms with van der Waals surface area (Å²) in [6.45, 7) is 4.31. The molecule has 0 heterocycles. The van der Waals surface area contributed by atoms with Gasteiger partial charge in [0, 0.05) is 19.6 Å². The Morgan fingerprint density at radius 2 is 1.69 bits per heavy atom. The van der Waals surface area contributed by atoms with Gasteiger partial charge >= 0.3 is 0 Å². The van der Waals surface area contributed by atoms with Crippen LogP contribution >= 0.6 is 0 Å². The summed E-state index contributed by atoms with van der Waals surface area (Å²) in [6, 6.07) is 10.6. The van der Waals surface area contributed by atoms with Gasteiger partial charge in [-0.2, -0.15) is 0 Å². The molecule has 1 aromatic carbocycles. The lowest BCUT2D eigenvalue weighted by Crippen LogP contribution is -2.27. The molecule has 1 saturated carbocycles. The second kappa shape index (κ2) is 6.66. The highest BCUT2D eigenvalue weighted by Gasteiger charge is 2.19. The largest absolute Gasteiger partial charge is 0.315 e. The fourth-order valence-electron chi connectivity index (χ4n) is 1.84. The van der Waals surface area contributed by atoms with Crippen LogP contribution in [0.2, 0.25) is 0 Å². The molecule has 0 aliphatic heterocycles. The first kappa shape index (κ1) is 11.6. The molecule has 0 saturated heterocycles. The molecule has 0 amide bonds. The van der Waals surface area contributed by atoms with E-state index < -0.39 is 0 Å². The van der Waals surface area contributed by atoms with Gasteiger partial charge in [-0.25, -0.2) is 0 Å². The molecule has 1 fully saturated rings. The molecule has 0 spiro atoms. The summed E-state index contributed by atoms with van der Waals surface area (Å²) in [6.07, 6.45) is 4.31. The zero-order valence-electron chi connectivity index (χ0n) is 9.91. The van der Waals surface area contributed by atoms with Gasteiger partial charge in [-0.3, -0.25) is 0 Å². The summed E-state index contributed by atoms with van der Waals surface area (Å²) >= 11 is 0. The van der Waals surface area contributed by atoms with Gasteiger partial charge in [0.05, 0.1) is 0 Å². The van der Waals surface area contributed by atoms with Crippen molar-refractivity contribution in [1.29, 1.82) is 0 Å². The summed E-state index contributed by atoms with van der Waals surface area (Å²) in [7, 11) is 0. The molecule has 88 valence electrons. The van der Waals surface area contributed by atoms with E-state index in [1.165, 1.54) is 31.4 Å². The predicted molar refractivity (Wildman–Crippen MR) is 68.4 cm³/mol. The van der Waals surface area contributed by atoms with Crippen LogP contribution in [0.5, 0.6) is 0 Å². The number of hydrogen-bond acceptors (Lipinski definition) is 2. The second-order valence-corrected chi connectivity index (χ2v) is 4.64. The van der Waals surface area contributed by atoms with E-state index in [0.717, 1.165) is 25.6 Å². The van der Waals surface area contributed by atoms with Crippen molar-refractivity contribution in [2.45, 2.75) is 25.8 Å². The molecule has 0 bridgehead atoms. The minimum absolute atomic E-state index is 0.977. The molecule has 1 aromatic rings. The summed E-state index contributed by atoms with van der Waals surface area (Å²) in [5.41, 5.74) is 1.36. The van der Waals surface area contributed by atoms with Crippen LogP contribution < -0.4 is 10.6 Å². The first-order valence-corrected chi connectivity index (χ1v) is 6.40. The third kappa shape index (κ3) is 4.77. The van der Waals surface area contributed by atoms with Gasteiger partial charge in [0.2, 0.25) is 0 Å². The van der Waals surface area contributed by atoms with Gasteiger partial charge in [0.15, 0.2) is 0 Å².